The summed E-state index contributed by atoms with van der Waals surface area (Å²) in [5.74, 6) is -2.17. The van der Waals surface area contributed by atoms with E-state index in [1.807, 2.05) is 30.3 Å². The summed E-state index contributed by atoms with van der Waals surface area (Å²) >= 11 is 1.41. The molecule has 3 heterocycles. The third kappa shape index (κ3) is 4.22. The van der Waals surface area contributed by atoms with Crippen molar-refractivity contribution in [2.24, 2.45) is 0 Å². The molecule has 2 aromatic rings. The van der Waals surface area contributed by atoms with Gasteiger partial charge in [0, 0.05) is 18.0 Å². The first-order valence-electron chi connectivity index (χ1n) is 11.3. The molecule has 2 aliphatic rings. The highest BCUT2D eigenvalue weighted by Gasteiger charge is 2.54. The molecule has 2 amide bonds. The average Bonchev–Trinajstić information content (AvgIpc) is 3.07. The van der Waals surface area contributed by atoms with E-state index >= 15 is 0 Å². The van der Waals surface area contributed by atoms with E-state index in [2.05, 4.69) is 5.32 Å². The Kier molecular flexibility index (Phi) is 6.75. The zero-order chi connectivity index (χ0) is 25.4. The molecule has 0 unspecified atom stereocenters. The summed E-state index contributed by atoms with van der Waals surface area (Å²) in [6.07, 6.45) is 0. The lowest BCUT2D eigenvalue weighted by molar-refractivity contribution is -0.148. The first-order chi connectivity index (χ1) is 16.7. The Morgan fingerprint density at radius 1 is 1.17 bits per heavy atom. The van der Waals surface area contributed by atoms with Crippen LogP contribution < -0.4 is 5.32 Å². The van der Waals surface area contributed by atoms with Gasteiger partial charge in [0.1, 0.15) is 22.8 Å². The van der Waals surface area contributed by atoms with Gasteiger partial charge in [-0.3, -0.25) is 14.5 Å². The van der Waals surface area contributed by atoms with Crippen LogP contribution in [0.3, 0.4) is 0 Å². The van der Waals surface area contributed by atoms with Crippen LogP contribution in [-0.4, -0.2) is 62.1 Å². The summed E-state index contributed by atoms with van der Waals surface area (Å²) in [4.78, 5) is 51.9. The number of aliphatic carboxylic acids is 1. The van der Waals surface area contributed by atoms with E-state index in [0.717, 1.165) is 5.56 Å². The van der Waals surface area contributed by atoms with Gasteiger partial charge in [0.15, 0.2) is 0 Å². The molecular weight excluding hydrogens is 470 g/mol. The Hall–Kier alpha value is -3.53. The summed E-state index contributed by atoms with van der Waals surface area (Å²) in [5, 5.41) is 11.8. The number of rotatable bonds is 7. The molecule has 2 N–H and O–H groups in total. The van der Waals surface area contributed by atoms with Gasteiger partial charge < -0.3 is 19.7 Å². The lowest BCUT2D eigenvalue weighted by Crippen LogP contribution is -2.70. The third-order valence-electron chi connectivity index (χ3n) is 6.29. The number of thioether (sulfide) groups is 1. The van der Waals surface area contributed by atoms with Gasteiger partial charge in [-0.15, -0.1) is 11.8 Å². The molecule has 184 valence electrons. The van der Waals surface area contributed by atoms with Crippen molar-refractivity contribution in [3.8, 4) is 0 Å². The Balaban J connectivity index is 1.64. The topological polar surface area (TPSA) is 118 Å². The van der Waals surface area contributed by atoms with Crippen molar-refractivity contribution in [2.45, 2.75) is 45.7 Å². The van der Waals surface area contributed by atoms with Gasteiger partial charge in [-0.25, -0.2) is 9.59 Å². The van der Waals surface area contributed by atoms with Crippen LogP contribution in [0, 0.1) is 13.8 Å². The van der Waals surface area contributed by atoms with Crippen molar-refractivity contribution in [3.05, 3.63) is 69.7 Å². The van der Waals surface area contributed by atoms with Gasteiger partial charge in [0.25, 0.3) is 11.8 Å². The van der Waals surface area contributed by atoms with Crippen molar-refractivity contribution in [2.75, 3.05) is 12.4 Å². The van der Waals surface area contributed by atoms with Gasteiger partial charge in [-0.2, -0.15) is 0 Å². The largest absolute Gasteiger partial charge is 0.477 e. The number of hydrogen-bond donors (Lipinski definition) is 2. The molecular formula is C25H27N3O6S. The summed E-state index contributed by atoms with van der Waals surface area (Å²) in [6, 6.07) is 8.71. The Morgan fingerprint density at radius 3 is 2.49 bits per heavy atom. The maximum absolute atomic E-state index is 13.4. The first kappa shape index (κ1) is 24.6. The van der Waals surface area contributed by atoms with Crippen LogP contribution in [0.15, 0.2) is 41.6 Å². The highest BCUT2D eigenvalue weighted by atomic mass is 32.2. The van der Waals surface area contributed by atoms with Gasteiger partial charge in [-0.1, -0.05) is 30.3 Å². The summed E-state index contributed by atoms with van der Waals surface area (Å²) in [6.45, 7) is 7.41. The number of esters is 1. The smallest absolute Gasteiger partial charge is 0.355 e. The number of benzene rings is 1. The molecule has 1 fully saturated rings. The number of nitrogens with one attached hydrogen (secondary N) is 1. The van der Waals surface area contributed by atoms with E-state index in [9.17, 15) is 24.3 Å². The monoisotopic (exact) mass is 497 g/mol. The van der Waals surface area contributed by atoms with Crippen molar-refractivity contribution < 1.29 is 29.0 Å². The fourth-order valence-corrected chi connectivity index (χ4v) is 5.94. The fourth-order valence-electron chi connectivity index (χ4n) is 4.64. The average molecular weight is 498 g/mol. The molecule has 10 heteroatoms. The molecule has 0 bridgehead atoms. The molecule has 0 radical (unpaired) electrons. The molecule has 9 nitrogen and oxygen atoms in total. The number of nitrogens with zero attached hydrogens (tertiary/aromatic N) is 2. The molecule has 0 saturated carbocycles. The Morgan fingerprint density at radius 2 is 1.86 bits per heavy atom. The minimum Gasteiger partial charge on any atom is -0.477 e. The number of carbonyl (C=O) groups excluding carboxylic acids is 3. The zero-order valence-electron chi connectivity index (χ0n) is 20.0. The number of carboxylic acids is 1. The van der Waals surface area contributed by atoms with Crippen molar-refractivity contribution >= 4 is 35.5 Å². The number of fused-ring (bicyclic) bond motifs is 1. The van der Waals surface area contributed by atoms with E-state index in [1.54, 1.807) is 32.3 Å². The van der Waals surface area contributed by atoms with Gasteiger partial charge in [0.05, 0.1) is 12.2 Å². The normalized spacial score (nSPS) is 19.2. The molecule has 1 saturated heterocycles. The summed E-state index contributed by atoms with van der Waals surface area (Å²) in [7, 11) is 0. The molecule has 1 aromatic carbocycles. The van der Waals surface area contributed by atoms with Crippen LogP contribution >= 0.6 is 11.8 Å². The second-order valence-electron chi connectivity index (χ2n) is 8.52. The van der Waals surface area contributed by atoms with Gasteiger partial charge in [0.2, 0.25) is 0 Å². The quantitative estimate of drug-likeness (QED) is 0.446. The SMILES string of the molecule is CCOC(=O)c1c(C)c(C(=O)N[C@@H]2C(=O)N3C(C(=O)O)=C(C)CS[C@H]23)c(C)n1Cc1ccccc1. The molecule has 1 aromatic heterocycles. The minimum atomic E-state index is -1.16. The molecule has 2 aliphatic heterocycles. The van der Waals surface area contributed by atoms with E-state index in [1.165, 1.54) is 16.7 Å². The number of carboxylic acid groups (broad SMARTS) is 1. The fraction of sp³-hybridized carbons (Fsp3) is 0.360. The van der Waals surface area contributed by atoms with Crippen molar-refractivity contribution in [1.29, 1.82) is 0 Å². The van der Waals surface area contributed by atoms with Crippen LogP contribution in [0.5, 0.6) is 0 Å². The minimum absolute atomic E-state index is 0.0183. The predicted octanol–water partition coefficient (Wildman–Crippen LogP) is 2.70. The van der Waals surface area contributed by atoms with Crippen LogP contribution in [0.4, 0.5) is 0 Å². The number of aromatic nitrogens is 1. The maximum atomic E-state index is 13.4. The molecule has 35 heavy (non-hydrogen) atoms. The Labute approximate surface area is 207 Å². The number of β-lactam (4-membered cyclic amide) rings is 1. The van der Waals surface area contributed by atoms with Crippen molar-refractivity contribution in [1.82, 2.24) is 14.8 Å². The van der Waals surface area contributed by atoms with Crippen LogP contribution in [0.1, 0.15) is 51.5 Å². The number of ether oxygens (including phenoxy) is 1. The number of carbonyl (C=O) groups is 4. The van der Waals surface area contributed by atoms with Crippen molar-refractivity contribution in [3.63, 3.8) is 0 Å². The van der Waals surface area contributed by atoms with Crippen LogP contribution in [0.25, 0.3) is 0 Å². The van der Waals surface area contributed by atoms with E-state index in [0.29, 0.717) is 40.4 Å². The molecule has 2 atom stereocenters. The summed E-state index contributed by atoms with van der Waals surface area (Å²) < 4.78 is 7.02. The lowest BCUT2D eigenvalue weighted by atomic mass is 10.0. The van der Waals surface area contributed by atoms with Crippen LogP contribution in [0.2, 0.25) is 0 Å². The molecule has 4 rings (SSSR count). The predicted molar refractivity (Wildman–Crippen MR) is 130 cm³/mol. The number of amides is 2. The second-order valence-corrected chi connectivity index (χ2v) is 9.63. The van der Waals surface area contributed by atoms with Gasteiger partial charge in [-0.05, 0) is 44.4 Å². The molecule has 0 spiro atoms. The van der Waals surface area contributed by atoms with Crippen LogP contribution in [-0.2, 0) is 20.9 Å². The van der Waals surface area contributed by atoms with E-state index in [-0.39, 0.29) is 12.3 Å². The lowest BCUT2D eigenvalue weighted by Gasteiger charge is -2.49. The highest BCUT2D eigenvalue weighted by Crippen LogP contribution is 2.40. The highest BCUT2D eigenvalue weighted by molar-refractivity contribution is 8.00. The molecule has 0 aliphatic carbocycles. The summed E-state index contributed by atoms with van der Waals surface area (Å²) in [5.41, 5.74) is 3.19. The Bertz CT molecular complexity index is 1250. The standard InChI is InChI=1S/C25H27N3O6S/c1-5-34-25(33)20-14(3)17(15(4)27(20)11-16-9-7-6-8-10-16)21(29)26-18-22(30)28-19(24(31)32)13(2)12-35-23(18)28/h6-10,18,23H,5,11-12H2,1-4H3,(H,26,29)(H,31,32)/t18-,23-/m1/s1. The second kappa shape index (κ2) is 9.61. The van der Waals surface area contributed by atoms with E-state index in [4.69, 9.17) is 4.74 Å². The van der Waals surface area contributed by atoms with Gasteiger partial charge >= 0.3 is 11.9 Å². The third-order valence-corrected chi connectivity index (χ3v) is 7.72. The number of hydrogen-bond acceptors (Lipinski definition) is 6. The maximum Gasteiger partial charge on any atom is 0.355 e. The first-order valence-corrected chi connectivity index (χ1v) is 12.3. The zero-order valence-corrected chi connectivity index (χ0v) is 20.8. The van der Waals surface area contributed by atoms with E-state index < -0.39 is 35.2 Å².